The summed E-state index contributed by atoms with van der Waals surface area (Å²) in [4.78, 5) is 45.5. The van der Waals surface area contributed by atoms with E-state index in [4.69, 9.17) is 10.7 Å². The van der Waals surface area contributed by atoms with Crippen molar-refractivity contribution in [3.05, 3.63) is 153 Å². The summed E-state index contributed by atoms with van der Waals surface area (Å²) in [5.74, 6) is -9.40. The molecule has 0 aliphatic carbocycles. The molecule has 4 aromatic rings. The van der Waals surface area contributed by atoms with E-state index in [-0.39, 0.29) is 74.2 Å². The molecule has 65 heavy (non-hydrogen) atoms. The molecule has 346 valence electrons. The highest BCUT2D eigenvalue weighted by molar-refractivity contribution is 6.00. The second-order valence-electron chi connectivity index (χ2n) is 15.1. The lowest BCUT2D eigenvalue weighted by atomic mass is 10.1. The summed E-state index contributed by atoms with van der Waals surface area (Å²) in [5, 5.41) is 31.2. The normalized spacial score (nSPS) is 15.9. The van der Waals surface area contributed by atoms with Crippen molar-refractivity contribution < 1.29 is 69.2 Å². The Kier molecular flexibility index (Phi) is 16.1. The van der Waals surface area contributed by atoms with Crippen LogP contribution in [0.3, 0.4) is 0 Å². The van der Waals surface area contributed by atoms with Crippen molar-refractivity contribution in [2.24, 2.45) is 5.73 Å². The van der Waals surface area contributed by atoms with Crippen LogP contribution in [0.15, 0.2) is 103 Å². The van der Waals surface area contributed by atoms with Crippen molar-refractivity contribution in [3.63, 3.8) is 0 Å². The number of nitrogens with zero attached hydrogens (tertiary/aromatic N) is 4. The van der Waals surface area contributed by atoms with Gasteiger partial charge in [0.25, 0.3) is 17.3 Å². The van der Waals surface area contributed by atoms with Crippen LogP contribution < -0.4 is 5.73 Å². The summed E-state index contributed by atoms with van der Waals surface area (Å²) >= 11 is 0. The van der Waals surface area contributed by atoms with Gasteiger partial charge in [0.1, 0.15) is 17.3 Å². The smallest absolute Gasteiger partial charge is 0.454 e. The first kappa shape index (κ1) is 49.7. The lowest BCUT2D eigenvalue weighted by Gasteiger charge is -2.32. The van der Waals surface area contributed by atoms with Crippen molar-refractivity contribution in [2.45, 2.75) is 57.8 Å². The fourth-order valence-corrected chi connectivity index (χ4v) is 6.85. The van der Waals surface area contributed by atoms with E-state index in [2.05, 4.69) is 0 Å². The summed E-state index contributed by atoms with van der Waals surface area (Å²) in [5.41, 5.74) is 9.49. The van der Waals surface area contributed by atoms with E-state index in [9.17, 15) is 69.2 Å². The van der Waals surface area contributed by atoms with Crippen LogP contribution in [0.1, 0.15) is 50.3 Å². The second-order valence-corrected chi connectivity index (χ2v) is 15.1. The van der Waals surface area contributed by atoms with E-state index < -0.39 is 53.2 Å². The molecule has 0 saturated heterocycles. The van der Waals surface area contributed by atoms with Gasteiger partial charge in [0, 0.05) is 100 Å². The fourth-order valence-electron chi connectivity index (χ4n) is 6.85. The summed E-state index contributed by atoms with van der Waals surface area (Å²) in [7, 11) is 0. The molecule has 0 unspecified atom stereocenters. The molecule has 3 aromatic carbocycles. The van der Waals surface area contributed by atoms with Gasteiger partial charge < -0.3 is 21.1 Å². The number of rotatable bonds is 13. The molecule has 0 spiro atoms. The summed E-state index contributed by atoms with van der Waals surface area (Å²) in [6, 6.07) is 21.4. The van der Waals surface area contributed by atoms with Gasteiger partial charge in [-0.25, -0.2) is 0 Å². The molecule has 0 fully saturated rings. The Morgan fingerprint density at radius 2 is 0.815 bits per heavy atom. The van der Waals surface area contributed by atoms with E-state index in [1.165, 1.54) is 54.6 Å². The SMILES string of the molecule is NCc1cc2nc(c1)CN(Cc1cccc(C(O)=CC(=O)C(F)(F)F)c1)CCN(Cc1cccc(C(O)=CC(=O)C(F)(F)F)c1)CCN(Cc1cccc(C(O)=CC(=O)C(F)(F)F)c1)C2. The molecule has 1 aliphatic rings. The Hall–Kier alpha value is -6.35. The monoisotopic (exact) mass is 919 g/mol. The average molecular weight is 920 g/mol. The number of carbonyl (C=O) groups is 3. The maximum atomic E-state index is 13.0. The Labute approximate surface area is 366 Å². The first-order valence-electron chi connectivity index (χ1n) is 19.7. The van der Waals surface area contributed by atoms with Crippen LogP contribution in [-0.2, 0) is 53.7 Å². The van der Waals surface area contributed by atoms with Crippen LogP contribution in [0.2, 0.25) is 0 Å². The van der Waals surface area contributed by atoms with Gasteiger partial charge in [0.05, 0.1) is 11.4 Å². The lowest BCUT2D eigenvalue weighted by molar-refractivity contribution is -0.165. The number of aromatic nitrogens is 1. The van der Waals surface area contributed by atoms with Gasteiger partial charge in [-0.05, 0) is 52.6 Å². The molecule has 1 aliphatic heterocycles. The Morgan fingerprint density at radius 3 is 1.12 bits per heavy atom. The number of pyridine rings is 1. The first-order valence-corrected chi connectivity index (χ1v) is 19.7. The number of allylic oxidation sites excluding steroid dienone is 3. The van der Waals surface area contributed by atoms with Crippen LogP contribution in [0.5, 0.6) is 0 Å². The third-order valence-electron chi connectivity index (χ3n) is 9.99. The number of alkyl halides is 9. The average Bonchev–Trinajstić information content (AvgIpc) is 3.23. The van der Waals surface area contributed by atoms with Gasteiger partial charge in [-0.3, -0.25) is 34.1 Å². The quantitative estimate of drug-likeness (QED) is 0.0583. The molecule has 0 amide bonds. The topological polar surface area (TPSA) is 161 Å². The highest BCUT2D eigenvalue weighted by atomic mass is 19.4. The molecule has 1 aromatic heterocycles. The van der Waals surface area contributed by atoms with Crippen molar-refractivity contribution in [2.75, 3.05) is 26.2 Å². The van der Waals surface area contributed by atoms with E-state index >= 15 is 0 Å². The molecule has 5 N–H and O–H groups in total. The molecule has 0 radical (unpaired) electrons. The summed E-state index contributed by atoms with van der Waals surface area (Å²) in [6.45, 7) is 2.29. The number of ketones is 3. The van der Waals surface area contributed by atoms with Crippen molar-refractivity contribution in [1.82, 2.24) is 19.7 Å². The van der Waals surface area contributed by atoms with Gasteiger partial charge in [-0.1, -0.05) is 54.6 Å². The zero-order chi connectivity index (χ0) is 47.7. The molecule has 2 heterocycles. The first-order chi connectivity index (χ1) is 30.5. The largest absolute Gasteiger partial charge is 0.507 e. The third kappa shape index (κ3) is 14.8. The van der Waals surface area contributed by atoms with Crippen molar-refractivity contribution in [3.8, 4) is 0 Å². The van der Waals surface area contributed by atoms with Gasteiger partial charge in [-0.2, -0.15) is 39.5 Å². The van der Waals surface area contributed by atoms with E-state index in [1.54, 1.807) is 30.3 Å². The number of benzene rings is 3. The van der Waals surface area contributed by atoms with Gasteiger partial charge in [0.2, 0.25) is 0 Å². The summed E-state index contributed by atoms with van der Waals surface area (Å²) in [6.07, 6.45) is -15.3. The van der Waals surface area contributed by atoms with E-state index in [0.717, 1.165) is 5.56 Å². The number of hydrogen-bond donors (Lipinski definition) is 4. The molecule has 11 nitrogen and oxygen atoms in total. The minimum Gasteiger partial charge on any atom is -0.507 e. The Morgan fingerprint density at radius 1 is 0.508 bits per heavy atom. The van der Waals surface area contributed by atoms with Gasteiger partial charge in [0.15, 0.2) is 0 Å². The predicted molar refractivity (Wildman–Crippen MR) is 220 cm³/mol. The van der Waals surface area contributed by atoms with Crippen LogP contribution in [0.25, 0.3) is 17.3 Å². The standard InChI is InChI=1S/C45H42F9N5O6/c46-43(47,48)40(63)19-37(60)32-7-1-4-28(14-32)23-57-10-12-58(24-29-5-2-8-33(15-29)38(61)20-41(64)44(49,50)51)26-35-17-31(22-55)18-36(56-35)27-59(13-11-57)25-30-6-3-9-34(16-30)39(62)21-42(65)45(52,53)54/h1-9,14-21,60-62H,10-13,22-27,55H2. The molecule has 2 bridgehead atoms. The zero-order valence-corrected chi connectivity index (χ0v) is 34.2. The Balaban J connectivity index is 1.50. The molecule has 20 heteroatoms. The van der Waals surface area contributed by atoms with Crippen LogP contribution in [0, 0.1) is 0 Å². The maximum Gasteiger partial charge on any atom is 0.454 e. The number of halogens is 9. The Bertz CT molecular complexity index is 2350. The van der Waals surface area contributed by atoms with Crippen molar-refractivity contribution >= 4 is 34.6 Å². The zero-order valence-electron chi connectivity index (χ0n) is 34.2. The number of aliphatic hydroxyl groups excluding tert-OH is 3. The van der Waals surface area contributed by atoms with E-state index in [1.807, 2.05) is 14.7 Å². The number of carbonyl (C=O) groups excluding carboxylic acids is 3. The molecule has 0 saturated carbocycles. The second kappa shape index (κ2) is 21.1. The van der Waals surface area contributed by atoms with E-state index in [0.29, 0.717) is 54.3 Å². The molecule has 0 atom stereocenters. The number of nitrogens with two attached hydrogens (primary N) is 1. The maximum absolute atomic E-state index is 13.0. The highest BCUT2D eigenvalue weighted by Gasteiger charge is 2.38. The summed E-state index contributed by atoms with van der Waals surface area (Å²) < 4.78 is 116. The number of fused-ring (bicyclic) bond motifs is 2. The molecular formula is C45H42F9N5O6. The fraction of sp³-hybridized carbons (Fsp3) is 0.289. The third-order valence-corrected chi connectivity index (χ3v) is 9.99. The van der Waals surface area contributed by atoms with Crippen LogP contribution in [0.4, 0.5) is 39.5 Å². The van der Waals surface area contributed by atoms with Crippen molar-refractivity contribution in [1.29, 1.82) is 0 Å². The lowest BCUT2D eigenvalue weighted by Crippen LogP contribution is -2.40. The van der Waals surface area contributed by atoms with Gasteiger partial charge in [-0.15, -0.1) is 0 Å². The number of aliphatic hydroxyl groups is 3. The minimum atomic E-state index is -5.21. The van der Waals surface area contributed by atoms with Crippen LogP contribution >= 0.6 is 0 Å². The highest BCUT2D eigenvalue weighted by Crippen LogP contribution is 2.25. The number of hydrogen-bond acceptors (Lipinski definition) is 11. The van der Waals surface area contributed by atoms with Gasteiger partial charge >= 0.3 is 18.5 Å². The minimum absolute atomic E-state index is 0.0394. The molecule has 5 rings (SSSR count). The molecular weight excluding hydrogens is 878 g/mol. The van der Waals surface area contributed by atoms with Crippen LogP contribution in [-0.4, -0.2) is 97.1 Å². The predicted octanol–water partition coefficient (Wildman–Crippen LogP) is 8.15.